The SMILES string of the molecule is CCOc1ccc(NC2CCCC2CC)cc1. The Morgan fingerprint density at radius 1 is 1.18 bits per heavy atom. The number of anilines is 1. The van der Waals surface area contributed by atoms with Crippen LogP contribution in [0.25, 0.3) is 0 Å². The highest BCUT2D eigenvalue weighted by Gasteiger charge is 2.25. The fraction of sp³-hybridized carbons (Fsp3) is 0.600. The van der Waals surface area contributed by atoms with Crippen LogP contribution in [0.5, 0.6) is 5.75 Å². The van der Waals surface area contributed by atoms with Gasteiger partial charge in [0.2, 0.25) is 0 Å². The predicted octanol–water partition coefficient (Wildman–Crippen LogP) is 4.08. The van der Waals surface area contributed by atoms with Crippen LogP contribution in [0.2, 0.25) is 0 Å². The summed E-state index contributed by atoms with van der Waals surface area (Å²) in [6.45, 7) is 5.03. The number of nitrogens with one attached hydrogen (secondary N) is 1. The lowest BCUT2D eigenvalue weighted by Gasteiger charge is -2.21. The Morgan fingerprint density at radius 2 is 1.94 bits per heavy atom. The maximum atomic E-state index is 5.45. The molecule has 0 aliphatic heterocycles. The molecule has 1 saturated carbocycles. The summed E-state index contributed by atoms with van der Waals surface area (Å²) in [7, 11) is 0. The largest absolute Gasteiger partial charge is 0.494 e. The van der Waals surface area contributed by atoms with E-state index in [0.717, 1.165) is 18.3 Å². The number of hydrogen-bond donors (Lipinski definition) is 1. The van der Waals surface area contributed by atoms with Crippen molar-refractivity contribution in [2.24, 2.45) is 5.92 Å². The first-order valence-corrected chi connectivity index (χ1v) is 6.83. The second kappa shape index (κ2) is 5.95. The summed E-state index contributed by atoms with van der Waals surface area (Å²) in [5, 5.41) is 3.66. The topological polar surface area (TPSA) is 21.3 Å². The number of rotatable bonds is 5. The molecule has 2 heteroatoms. The highest BCUT2D eigenvalue weighted by atomic mass is 16.5. The summed E-state index contributed by atoms with van der Waals surface area (Å²) in [5.41, 5.74) is 1.22. The van der Waals surface area contributed by atoms with Crippen LogP contribution in [-0.2, 0) is 0 Å². The molecule has 0 aromatic heterocycles. The molecule has 2 atom stereocenters. The lowest BCUT2D eigenvalue weighted by atomic mass is 10.0. The highest BCUT2D eigenvalue weighted by Crippen LogP contribution is 2.31. The van der Waals surface area contributed by atoms with Gasteiger partial charge in [0.1, 0.15) is 5.75 Å². The Labute approximate surface area is 104 Å². The number of ether oxygens (including phenoxy) is 1. The van der Waals surface area contributed by atoms with Crippen LogP contribution in [0.4, 0.5) is 5.69 Å². The molecule has 1 aliphatic rings. The van der Waals surface area contributed by atoms with E-state index in [1.165, 1.54) is 31.4 Å². The van der Waals surface area contributed by atoms with Gasteiger partial charge in [-0.15, -0.1) is 0 Å². The summed E-state index contributed by atoms with van der Waals surface area (Å²) >= 11 is 0. The van der Waals surface area contributed by atoms with E-state index in [0.29, 0.717) is 6.04 Å². The van der Waals surface area contributed by atoms with Crippen LogP contribution in [-0.4, -0.2) is 12.6 Å². The van der Waals surface area contributed by atoms with Crippen molar-refractivity contribution in [3.63, 3.8) is 0 Å². The van der Waals surface area contributed by atoms with Gasteiger partial charge in [-0.25, -0.2) is 0 Å². The summed E-state index contributed by atoms with van der Waals surface area (Å²) < 4.78 is 5.45. The number of benzene rings is 1. The number of hydrogen-bond acceptors (Lipinski definition) is 2. The first kappa shape index (κ1) is 12.3. The molecule has 0 bridgehead atoms. The van der Waals surface area contributed by atoms with E-state index in [2.05, 4.69) is 24.4 Å². The van der Waals surface area contributed by atoms with Gasteiger partial charge in [0, 0.05) is 11.7 Å². The lowest BCUT2D eigenvalue weighted by molar-refractivity contribution is 0.340. The molecule has 1 aromatic carbocycles. The molecule has 0 spiro atoms. The van der Waals surface area contributed by atoms with Gasteiger partial charge in [0.05, 0.1) is 6.61 Å². The van der Waals surface area contributed by atoms with Gasteiger partial charge in [0.25, 0.3) is 0 Å². The lowest BCUT2D eigenvalue weighted by Crippen LogP contribution is -2.23. The van der Waals surface area contributed by atoms with Crippen molar-refractivity contribution in [1.82, 2.24) is 0 Å². The van der Waals surface area contributed by atoms with Crippen molar-refractivity contribution in [2.45, 2.75) is 45.6 Å². The van der Waals surface area contributed by atoms with Gasteiger partial charge in [-0.3, -0.25) is 0 Å². The molecule has 1 aromatic rings. The maximum Gasteiger partial charge on any atom is 0.119 e. The van der Waals surface area contributed by atoms with Crippen molar-refractivity contribution < 1.29 is 4.74 Å². The molecule has 1 aliphatic carbocycles. The standard InChI is InChI=1S/C15H23NO/c1-3-12-6-5-7-15(12)16-13-8-10-14(11-9-13)17-4-2/h8-12,15-16H,3-7H2,1-2H3. The smallest absolute Gasteiger partial charge is 0.119 e. The van der Waals surface area contributed by atoms with Crippen molar-refractivity contribution in [2.75, 3.05) is 11.9 Å². The van der Waals surface area contributed by atoms with E-state index in [1.54, 1.807) is 0 Å². The molecule has 1 fully saturated rings. The molecular weight excluding hydrogens is 210 g/mol. The van der Waals surface area contributed by atoms with E-state index in [-0.39, 0.29) is 0 Å². The average molecular weight is 233 g/mol. The van der Waals surface area contributed by atoms with Crippen LogP contribution in [0.15, 0.2) is 24.3 Å². The van der Waals surface area contributed by atoms with Crippen molar-refractivity contribution >= 4 is 5.69 Å². The van der Waals surface area contributed by atoms with Crippen molar-refractivity contribution in [1.29, 1.82) is 0 Å². The Bertz CT molecular complexity index is 333. The van der Waals surface area contributed by atoms with Gasteiger partial charge in [-0.05, 0) is 49.9 Å². The van der Waals surface area contributed by atoms with Crippen LogP contribution in [0.1, 0.15) is 39.5 Å². The Hall–Kier alpha value is -1.18. The third kappa shape index (κ3) is 3.15. The maximum absolute atomic E-state index is 5.45. The molecule has 0 saturated heterocycles. The zero-order valence-electron chi connectivity index (χ0n) is 10.9. The normalized spacial score (nSPS) is 23.6. The Kier molecular flexibility index (Phi) is 4.29. The molecule has 2 rings (SSSR count). The minimum atomic E-state index is 0.665. The molecule has 94 valence electrons. The van der Waals surface area contributed by atoms with Crippen molar-refractivity contribution in [3.8, 4) is 5.75 Å². The molecule has 0 amide bonds. The van der Waals surface area contributed by atoms with E-state index >= 15 is 0 Å². The minimum Gasteiger partial charge on any atom is -0.494 e. The second-order valence-electron chi connectivity index (χ2n) is 4.81. The van der Waals surface area contributed by atoms with E-state index < -0.39 is 0 Å². The van der Waals surface area contributed by atoms with Gasteiger partial charge >= 0.3 is 0 Å². The molecule has 2 nitrogen and oxygen atoms in total. The molecule has 1 N–H and O–H groups in total. The third-order valence-corrected chi connectivity index (χ3v) is 3.70. The highest BCUT2D eigenvalue weighted by molar-refractivity contribution is 5.47. The van der Waals surface area contributed by atoms with Gasteiger partial charge in [-0.2, -0.15) is 0 Å². The van der Waals surface area contributed by atoms with Gasteiger partial charge < -0.3 is 10.1 Å². The fourth-order valence-corrected chi connectivity index (χ4v) is 2.74. The molecule has 0 radical (unpaired) electrons. The van der Waals surface area contributed by atoms with Crippen LogP contribution in [0.3, 0.4) is 0 Å². The molecule has 17 heavy (non-hydrogen) atoms. The van der Waals surface area contributed by atoms with Crippen LogP contribution < -0.4 is 10.1 Å². The predicted molar refractivity (Wildman–Crippen MR) is 72.7 cm³/mol. The summed E-state index contributed by atoms with van der Waals surface area (Å²) in [4.78, 5) is 0. The fourth-order valence-electron chi connectivity index (χ4n) is 2.74. The quantitative estimate of drug-likeness (QED) is 0.827. The van der Waals surface area contributed by atoms with Gasteiger partial charge in [0.15, 0.2) is 0 Å². The summed E-state index contributed by atoms with van der Waals surface area (Å²) in [5.74, 6) is 1.80. The summed E-state index contributed by atoms with van der Waals surface area (Å²) in [6, 6.07) is 8.99. The van der Waals surface area contributed by atoms with E-state index in [4.69, 9.17) is 4.74 Å². The monoisotopic (exact) mass is 233 g/mol. The van der Waals surface area contributed by atoms with Crippen LogP contribution >= 0.6 is 0 Å². The third-order valence-electron chi connectivity index (χ3n) is 3.70. The Morgan fingerprint density at radius 3 is 2.59 bits per heavy atom. The molecule has 0 heterocycles. The van der Waals surface area contributed by atoms with E-state index in [1.807, 2.05) is 19.1 Å². The van der Waals surface area contributed by atoms with Gasteiger partial charge in [-0.1, -0.05) is 19.8 Å². The van der Waals surface area contributed by atoms with E-state index in [9.17, 15) is 0 Å². The first-order chi connectivity index (χ1) is 8.33. The molecular formula is C15H23NO. The van der Waals surface area contributed by atoms with Crippen LogP contribution in [0, 0.1) is 5.92 Å². The second-order valence-corrected chi connectivity index (χ2v) is 4.81. The first-order valence-electron chi connectivity index (χ1n) is 6.83. The zero-order valence-corrected chi connectivity index (χ0v) is 10.9. The molecule has 2 unspecified atom stereocenters. The summed E-state index contributed by atoms with van der Waals surface area (Å²) in [6.07, 6.45) is 5.35. The van der Waals surface area contributed by atoms with Crippen molar-refractivity contribution in [3.05, 3.63) is 24.3 Å². The minimum absolute atomic E-state index is 0.665. The zero-order chi connectivity index (χ0) is 12.1. The average Bonchev–Trinajstić information content (AvgIpc) is 2.79. The Balaban J connectivity index is 1.94.